The predicted molar refractivity (Wildman–Crippen MR) is 149 cm³/mol. The van der Waals surface area contributed by atoms with Crippen LogP contribution < -0.4 is 0 Å². The van der Waals surface area contributed by atoms with Gasteiger partial charge in [-0.1, -0.05) is 136 Å². The zero-order chi connectivity index (χ0) is 25.8. The van der Waals surface area contributed by atoms with Crippen LogP contribution >= 0.6 is 0 Å². The molecule has 0 bridgehead atoms. The van der Waals surface area contributed by atoms with E-state index in [0.717, 1.165) is 51.4 Å². The molecule has 0 fully saturated rings. The number of hydrogen-bond acceptors (Lipinski definition) is 3. The van der Waals surface area contributed by atoms with Crippen LogP contribution in [0, 0.1) is 0 Å². The second kappa shape index (κ2) is 27.5. The van der Waals surface area contributed by atoms with Gasteiger partial charge in [0.2, 0.25) is 0 Å². The first kappa shape index (κ1) is 33.9. The van der Waals surface area contributed by atoms with Crippen LogP contribution in [-0.2, 0) is 14.3 Å². The molecule has 208 valence electrons. The standard InChI is InChI=1S/C31H60O4/c1-3-5-6-7-8-9-10-11-12-13-14-19-22-25-28-31(34)35-29(4-2)26-23-20-17-15-16-18-21-24-27-30(32)33/h29H,3-28H2,1-2H3,(H,32,33). The topological polar surface area (TPSA) is 63.6 Å². The van der Waals surface area contributed by atoms with Gasteiger partial charge in [-0.3, -0.25) is 9.59 Å². The maximum Gasteiger partial charge on any atom is 0.306 e. The molecule has 0 aromatic rings. The van der Waals surface area contributed by atoms with E-state index >= 15 is 0 Å². The van der Waals surface area contributed by atoms with Crippen LogP contribution in [0.2, 0.25) is 0 Å². The van der Waals surface area contributed by atoms with E-state index in [4.69, 9.17) is 9.84 Å². The summed E-state index contributed by atoms with van der Waals surface area (Å²) in [5, 5.41) is 8.63. The van der Waals surface area contributed by atoms with Crippen molar-refractivity contribution in [2.24, 2.45) is 0 Å². The number of rotatable bonds is 28. The number of carboxylic acid groups (broad SMARTS) is 1. The predicted octanol–water partition coefficient (Wildman–Crippen LogP) is 10.2. The Hall–Kier alpha value is -1.06. The average Bonchev–Trinajstić information content (AvgIpc) is 2.84. The van der Waals surface area contributed by atoms with Crippen molar-refractivity contribution in [1.29, 1.82) is 0 Å². The first-order valence-electron chi connectivity index (χ1n) is 15.5. The number of carboxylic acids is 1. The normalized spacial score (nSPS) is 12.1. The third-order valence-corrected chi connectivity index (χ3v) is 7.15. The van der Waals surface area contributed by atoms with E-state index in [-0.39, 0.29) is 12.1 Å². The molecule has 0 aromatic carbocycles. The van der Waals surface area contributed by atoms with Gasteiger partial charge in [0, 0.05) is 12.8 Å². The van der Waals surface area contributed by atoms with Gasteiger partial charge in [-0.2, -0.15) is 0 Å². The summed E-state index contributed by atoms with van der Waals surface area (Å²) in [5.41, 5.74) is 0. The molecule has 4 nitrogen and oxygen atoms in total. The molecule has 0 aliphatic carbocycles. The van der Waals surface area contributed by atoms with Crippen molar-refractivity contribution in [3.63, 3.8) is 0 Å². The maximum atomic E-state index is 12.2. The largest absolute Gasteiger partial charge is 0.481 e. The SMILES string of the molecule is CCCCCCCCCCCCCCCCC(=O)OC(CC)CCCCCCCCCCC(=O)O. The van der Waals surface area contributed by atoms with E-state index in [1.165, 1.54) is 103 Å². The first-order chi connectivity index (χ1) is 17.1. The molecule has 0 saturated carbocycles. The van der Waals surface area contributed by atoms with Gasteiger partial charge < -0.3 is 9.84 Å². The molecule has 0 radical (unpaired) electrons. The fourth-order valence-electron chi connectivity index (χ4n) is 4.76. The molecule has 0 amide bonds. The Kier molecular flexibility index (Phi) is 26.7. The fraction of sp³-hybridized carbons (Fsp3) is 0.935. The summed E-state index contributed by atoms with van der Waals surface area (Å²) in [4.78, 5) is 22.7. The lowest BCUT2D eigenvalue weighted by atomic mass is 10.0. The Morgan fingerprint density at radius 2 is 0.914 bits per heavy atom. The van der Waals surface area contributed by atoms with E-state index in [9.17, 15) is 9.59 Å². The van der Waals surface area contributed by atoms with Crippen LogP contribution in [0.25, 0.3) is 0 Å². The molecule has 0 aliphatic rings. The minimum Gasteiger partial charge on any atom is -0.481 e. The number of ether oxygens (including phenoxy) is 1. The molecule has 1 unspecified atom stereocenters. The number of hydrogen-bond donors (Lipinski definition) is 1. The van der Waals surface area contributed by atoms with Crippen molar-refractivity contribution in [1.82, 2.24) is 0 Å². The summed E-state index contributed by atoms with van der Waals surface area (Å²) < 4.78 is 5.72. The zero-order valence-corrected chi connectivity index (χ0v) is 23.6. The van der Waals surface area contributed by atoms with Gasteiger partial charge >= 0.3 is 11.9 Å². The van der Waals surface area contributed by atoms with E-state index in [1.54, 1.807) is 0 Å². The van der Waals surface area contributed by atoms with Crippen molar-refractivity contribution in [3.8, 4) is 0 Å². The second-order valence-electron chi connectivity index (χ2n) is 10.6. The zero-order valence-electron chi connectivity index (χ0n) is 23.6. The fourth-order valence-corrected chi connectivity index (χ4v) is 4.76. The van der Waals surface area contributed by atoms with Crippen molar-refractivity contribution in [2.75, 3.05) is 0 Å². The van der Waals surface area contributed by atoms with E-state index in [0.29, 0.717) is 12.8 Å². The molecule has 0 aromatic heterocycles. The summed E-state index contributed by atoms with van der Waals surface area (Å²) in [5.74, 6) is -0.687. The first-order valence-corrected chi connectivity index (χ1v) is 15.5. The van der Waals surface area contributed by atoms with Crippen molar-refractivity contribution in [3.05, 3.63) is 0 Å². The van der Waals surface area contributed by atoms with Crippen LogP contribution in [0.1, 0.15) is 181 Å². The van der Waals surface area contributed by atoms with Gasteiger partial charge in [-0.15, -0.1) is 0 Å². The highest BCUT2D eigenvalue weighted by Gasteiger charge is 2.12. The highest BCUT2D eigenvalue weighted by Crippen LogP contribution is 2.16. The number of carbonyl (C=O) groups excluding carboxylic acids is 1. The van der Waals surface area contributed by atoms with Gasteiger partial charge in [0.15, 0.2) is 0 Å². The molecule has 0 saturated heterocycles. The molecule has 1 N–H and O–H groups in total. The quantitative estimate of drug-likeness (QED) is 0.0864. The van der Waals surface area contributed by atoms with Gasteiger partial charge in [0.25, 0.3) is 0 Å². The average molecular weight is 497 g/mol. The summed E-state index contributed by atoms with van der Waals surface area (Å²) in [6.45, 7) is 4.39. The lowest BCUT2D eigenvalue weighted by molar-refractivity contribution is -0.149. The van der Waals surface area contributed by atoms with E-state index in [2.05, 4.69) is 13.8 Å². The van der Waals surface area contributed by atoms with Crippen LogP contribution in [0.4, 0.5) is 0 Å². The Morgan fingerprint density at radius 1 is 0.543 bits per heavy atom. The Morgan fingerprint density at radius 3 is 1.31 bits per heavy atom. The lowest BCUT2D eigenvalue weighted by Crippen LogP contribution is -2.17. The van der Waals surface area contributed by atoms with Gasteiger partial charge in [0.1, 0.15) is 6.10 Å². The highest BCUT2D eigenvalue weighted by molar-refractivity contribution is 5.69. The minimum atomic E-state index is -0.684. The number of esters is 1. The molecule has 0 rings (SSSR count). The van der Waals surface area contributed by atoms with Crippen LogP contribution in [0.5, 0.6) is 0 Å². The Balaban J connectivity index is 3.43. The molecular weight excluding hydrogens is 436 g/mol. The van der Waals surface area contributed by atoms with Crippen molar-refractivity contribution < 1.29 is 19.4 Å². The smallest absolute Gasteiger partial charge is 0.306 e. The molecule has 35 heavy (non-hydrogen) atoms. The maximum absolute atomic E-state index is 12.2. The monoisotopic (exact) mass is 496 g/mol. The number of unbranched alkanes of at least 4 members (excludes halogenated alkanes) is 20. The molecule has 0 aliphatic heterocycles. The minimum absolute atomic E-state index is 0.00264. The summed E-state index contributed by atoms with van der Waals surface area (Å²) in [7, 11) is 0. The van der Waals surface area contributed by atoms with Crippen molar-refractivity contribution >= 4 is 11.9 Å². The molecule has 4 heteroatoms. The number of aliphatic carboxylic acids is 1. The highest BCUT2D eigenvalue weighted by atomic mass is 16.5. The third-order valence-electron chi connectivity index (χ3n) is 7.15. The molecular formula is C31H60O4. The summed E-state index contributed by atoms with van der Waals surface area (Å²) >= 11 is 0. The molecule has 1 atom stereocenters. The second-order valence-corrected chi connectivity index (χ2v) is 10.6. The number of carbonyl (C=O) groups is 2. The molecule has 0 heterocycles. The Labute approximate surface area is 218 Å². The molecule has 0 spiro atoms. The van der Waals surface area contributed by atoms with Crippen LogP contribution in [0.15, 0.2) is 0 Å². The summed E-state index contributed by atoms with van der Waals surface area (Å²) in [6.07, 6.45) is 30.5. The van der Waals surface area contributed by atoms with E-state index < -0.39 is 5.97 Å². The van der Waals surface area contributed by atoms with Gasteiger partial charge in [0.05, 0.1) is 0 Å². The van der Waals surface area contributed by atoms with Crippen molar-refractivity contribution in [2.45, 2.75) is 187 Å². The Bertz CT molecular complexity index is 463. The van der Waals surface area contributed by atoms with E-state index in [1.807, 2.05) is 0 Å². The lowest BCUT2D eigenvalue weighted by Gasteiger charge is -2.16. The third kappa shape index (κ3) is 27.4. The van der Waals surface area contributed by atoms with Gasteiger partial charge in [-0.05, 0) is 32.1 Å². The van der Waals surface area contributed by atoms with Gasteiger partial charge in [-0.25, -0.2) is 0 Å². The summed E-state index contributed by atoms with van der Waals surface area (Å²) in [6, 6.07) is 0. The van der Waals surface area contributed by atoms with Crippen LogP contribution in [-0.4, -0.2) is 23.1 Å². The van der Waals surface area contributed by atoms with Crippen LogP contribution in [0.3, 0.4) is 0 Å².